The Morgan fingerprint density at radius 1 is 1.39 bits per heavy atom. The predicted molar refractivity (Wildman–Crippen MR) is 68.8 cm³/mol. The Hall–Kier alpha value is -1.73. The van der Waals surface area contributed by atoms with E-state index in [1.54, 1.807) is 12.3 Å². The van der Waals surface area contributed by atoms with Gasteiger partial charge in [-0.25, -0.2) is 9.97 Å². The molecule has 0 spiro atoms. The van der Waals surface area contributed by atoms with Gasteiger partial charge in [0.1, 0.15) is 11.5 Å². The normalized spacial score (nSPS) is 16.8. The van der Waals surface area contributed by atoms with Crippen LogP contribution in [0.3, 0.4) is 0 Å². The topological polar surface area (TPSA) is 102 Å². The van der Waals surface area contributed by atoms with E-state index in [9.17, 15) is 0 Å². The number of nitrogen functional groups attached to an aromatic ring is 1. The second kappa shape index (κ2) is 5.74. The van der Waals surface area contributed by atoms with Gasteiger partial charge < -0.3 is 15.7 Å². The van der Waals surface area contributed by atoms with Gasteiger partial charge in [0.15, 0.2) is 0 Å². The highest BCUT2D eigenvalue weighted by Gasteiger charge is 2.18. The Kier molecular flexibility index (Phi) is 4.06. The average molecular weight is 250 g/mol. The fourth-order valence-electron chi connectivity index (χ4n) is 1.96. The van der Waals surface area contributed by atoms with Crippen molar-refractivity contribution < 1.29 is 5.11 Å². The monoisotopic (exact) mass is 250 g/mol. The minimum absolute atomic E-state index is 0.0439. The van der Waals surface area contributed by atoms with Gasteiger partial charge in [0.2, 0.25) is 5.95 Å². The van der Waals surface area contributed by atoms with Crippen molar-refractivity contribution in [3.05, 3.63) is 18.0 Å². The zero-order valence-corrected chi connectivity index (χ0v) is 10.2. The van der Waals surface area contributed by atoms with E-state index in [-0.39, 0.29) is 12.4 Å². The molecule has 0 amide bonds. The summed E-state index contributed by atoms with van der Waals surface area (Å²) in [6.45, 7) is 4.31. The molecular weight excluding hydrogens is 232 g/mol. The van der Waals surface area contributed by atoms with Gasteiger partial charge in [-0.05, 0) is 6.07 Å². The van der Waals surface area contributed by atoms with Crippen LogP contribution in [0.2, 0.25) is 0 Å². The largest absolute Gasteiger partial charge is 0.395 e. The number of amidine groups is 1. The molecule has 7 nitrogen and oxygen atoms in total. The molecular formula is C11H18N6O. The van der Waals surface area contributed by atoms with E-state index in [0.29, 0.717) is 18.2 Å². The van der Waals surface area contributed by atoms with Gasteiger partial charge in [-0.1, -0.05) is 0 Å². The number of nitrogens with one attached hydrogen (secondary N) is 1. The molecule has 0 atom stereocenters. The van der Waals surface area contributed by atoms with Gasteiger partial charge in [-0.15, -0.1) is 0 Å². The third-order valence-corrected chi connectivity index (χ3v) is 2.99. The lowest BCUT2D eigenvalue weighted by Crippen LogP contribution is -2.47. The van der Waals surface area contributed by atoms with Crippen LogP contribution in [0, 0.1) is 5.41 Å². The summed E-state index contributed by atoms with van der Waals surface area (Å²) in [5, 5.41) is 16.2. The molecule has 18 heavy (non-hydrogen) atoms. The first-order valence-corrected chi connectivity index (χ1v) is 5.96. The maximum Gasteiger partial charge on any atom is 0.226 e. The molecule has 4 N–H and O–H groups in total. The van der Waals surface area contributed by atoms with Crippen LogP contribution in [0.5, 0.6) is 0 Å². The summed E-state index contributed by atoms with van der Waals surface area (Å²) >= 11 is 0. The lowest BCUT2D eigenvalue weighted by molar-refractivity contribution is 0.188. The molecule has 1 aromatic rings. The highest BCUT2D eigenvalue weighted by Crippen LogP contribution is 2.10. The number of hydrogen-bond acceptors (Lipinski definition) is 6. The smallest absolute Gasteiger partial charge is 0.226 e. The Morgan fingerprint density at radius 3 is 2.72 bits per heavy atom. The van der Waals surface area contributed by atoms with Crippen LogP contribution in [-0.4, -0.2) is 65.1 Å². The number of aromatic nitrogens is 2. The van der Waals surface area contributed by atoms with Gasteiger partial charge in [0.25, 0.3) is 0 Å². The minimum Gasteiger partial charge on any atom is -0.395 e. The average Bonchev–Trinajstić information content (AvgIpc) is 2.40. The maximum absolute atomic E-state index is 8.88. The van der Waals surface area contributed by atoms with Crippen LogP contribution in [0.15, 0.2) is 12.3 Å². The van der Waals surface area contributed by atoms with Crippen molar-refractivity contribution in [3.8, 4) is 0 Å². The van der Waals surface area contributed by atoms with E-state index in [1.165, 1.54) is 0 Å². The summed E-state index contributed by atoms with van der Waals surface area (Å²) in [7, 11) is 0. The molecule has 0 saturated carbocycles. The van der Waals surface area contributed by atoms with Gasteiger partial charge in [0.05, 0.1) is 6.61 Å². The van der Waals surface area contributed by atoms with Crippen molar-refractivity contribution in [1.29, 1.82) is 5.41 Å². The molecule has 0 aromatic carbocycles. The van der Waals surface area contributed by atoms with Crippen LogP contribution in [0.1, 0.15) is 5.69 Å². The number of rotatable bonds is 4. The number of nitrogens with two attached hydrogens (primary N) is 1. The molecule has 1 aliphatic rings. The van der Waals surface area contributed by atoms with Crippen molar-refractivity contribution in [2.45, 2.75) is 0 Å². The summed E-state index contributed by atoms with van der Waals surface area (Å²) in [5.41, 5.74) is 5.87. The number of hydrogen-bond donors (Lipinski definition) is 3. The first-order chi connectivity index (χ1) is 8.70. The van der Waals surface area contributed by atoms with Crippen molar-refractivity contribution in [3.63, 3.8) is 0 Å². The van der Waals surface area contributed by atoms with Crippen LogP contribution < -0.4 is 10.6 Å². The number of aliphatic hydroxyl groups is 1. The highest BCUT2D eigenvalue weighted by molar-refractivity contribution is 5.93. The lowest BCUT2D eigenvalue weighted by Gasteiger charge is -2.34. The highest BCUT2D eigenvalue weighted by atomic mass is 16.3. The number of nitrogens with zero attached hydrogens (tertiary/aromatic N) is 4. The molecule has 0 unspecified atom stereocenters. The Morgan fingerprint density at radius 2 is 2.11 bits per heavy atom. The van der Waals surface area contributed by atoms with Gasteiger partial charge in [0, 0.05) is 38.9 Å². The summed E-state index contributed by atoms with van der Waals surface area (Å²) < 4.78 is 0. The number of β-amino-alcohol motifs (C(OH)–C–C–N with tert-alkyl or cyclic N) is 1. The minimum atomic E-state index is -0.0439. The Bertz CT molecular complexity index is 416. The third kappa shape index (κ3) is 2.93. The molecule has 0 aliphatic carbocycles. The number of piperazine rings is 1. The van der Waals surface area contributed by atoms with Crippen molar-refractivity contribution in [2.24, 2.45) is 5.73 Å². The Labute approximate surface area is 106 Å². The van der Waals surface area contributed by atoms with Crippen molar-refractivity contribution >= 4 is 11.8 Å². The predicted octanol–water partition coefficient (Wildman–Crippen LogP) is -1.13. The molecule has 1 aliphatic heterocycles. The fourth-order valence-corrected chi connectivity index (χ4v) is 1.96. The lowest BCUT2D eigenvalue weighted by atomic mass is 10.3. The van der Waals surface area contributed by atoms with Crippen molar-refractivity contribution in [2.75, 3.05) is 44.2 Å². The second-order valence-corrected chi connectivity index (χ2v) is 4.21. The summed E-state index contributed by atoms with van der Waals surface area (Å²) in [4.78, 5) is 12.7. The van der Waals surface area contributed by atoms with E-state index in [0.717, 1.165) is 26.2 Å². The molecule has 1 aromatic heterocycles. The molecule has 98 valence electrons. The van der Waals surface area contributed by atoms with Crippen LogP contribution >= 0.6 is 0 Å². The molecule has 1 fully saturated rings. The molecule has 0 radical (unpaired) electrons. The third-order valence-electron chi connectivity index (χ3n) is 2.99. The van der Waals surface area contributed by atoms with Gasteiger partial charge in [-0.3, -0.25) is 10.3 Å². The molecule has 2 rings (SSSR count). The van der Waals surface area contributed by atoms with E-state index < -0.39 is 0 Å². The number of aliphatic hydroxyl groups excluding tert-OH is 1. The Balaban J connectivity index is 2.01. The standard InChI is InChI=1S/C11H18N6O/c12-10(13)9-1-2-14-11(15-9)17-5-3-16(4-6-17)7-8-18/h1-2,18H,3-8H2,(H3,12,13). The van der Waals surface area contributed by atoms with E-state index in [1.807, 2.05) is 0 Å². The SMILES string of the molecule is N=C(N)c1ccnc(N2CCN(CCO)CC2)n1. The molecule has 7 heteroatoms. The van der Waals surface area contributed by atoms with E-state index >= 15 is 0 Å². The zero-order chi connectivity index (χ0) is 13.0. The zero-order valence-electron chi connectivity index (χ0n) is 10.2. The van der Waals surface area contributed by atoms with E-state index in [2.05, 4.69) is 19.8 Å². The quantitative estimate of drug-likeness (QED) is 0.462. The first-order valence-electron chi connectivity index (χ1n) is 5.96. The van der Waals surface area contributed by atoms with Crippen LogP contribution in [0.25, 0.3) is 0 Å². The fraction of sp³-hybridized carbons (Fsp3) is 0.545. The van der Waals surface area contributed by atoms with Crippen LogP contribution in [-0.2, 0) is 0 Å². The summed E-state index contributed by atoms with van der Waals surface area (Å²) in [5.74, 6) is 0.573. The summed E-state index contributed by atoms with van der Waals surface area (Å²) in [6, 6.07) is 1.63. The molecule has 1 saturated heterocycles. The number of anilines is 1. The van der Waals surface area contributed by atoms with E-state index in [4.69, 9.17) is 16.2 Å². The van der Waals surface area contributed by atoms with Crippen LogP contribution in [0.4, 0.5) is 5.95 Å². The molecule has 2 heterocycles. The molecule has 0 bridgehead atoms. The van der Waals surface area contributed by atoms with Gasteiger partial charge >= 0.3 is 0 Å². The summed E-state index contributed by atoms with van der Waals surface area (Å²) in [6.07, 6.45) is 1.62. The first kappa shape index (κ1) is 12.7. The van der Waals surface area contributed by atoms with Gasteiger partial charge in [-0.2, -0.15) is 0 Å². The maximum atomic E-state index is 8.88. The second-order valence-electron chi connectivity index (χ2n) is 4.21. The van der Waals surface area contributed by atoms with Crippen molar-refractivity contribution in [1.82, 2.24) is 14.9 Å².